The van der Waals surface area contributed by atoms with Crippen LogP contribution in [-0.4, -0.2) is 34.0 Å². The van der Waals surface area contributed by atoms with E-state index in [2.05, 4.69) is 15.5 Å². The second kappa shape index (κ2) is 11.9. The van der Waals surface area contributed by atoms with Gasteiger partial charge in [-0.2, -0.15) is 0 Å². The zero-order valence-corrected chi connectivity index (χ0v) is 19.3. The van der Waals surface area contributed by atoms with Gasteiger partial charge < -0.3 is 14.8 Å². The lowest BCUT2D eigenvalue weighted by atomic mass is 10.1. The molecule has 0 bridgehead atoms. The largest absolute Gasteiger partial charge is 0.489 e. The Bertz CT molecular complexity index is 1080. The lowest BCUT2D eigenvalue weighted by Gasteiger charge is -2.13. The van der Waals surface area contributed by atoms with Crippen molar-refractivity contribution in [2.75, 3.05) is 5.32 Å². The van der Waals surface area contributed by atoms with Crippen molar-refractivity contribution in [1.82, 2.24) is 10.2 Å². The van der Waals surface area contributed by atoms with E-state index in [4.69, 9.17) is 9.47 Å². The highest BCUT2D eigenvalue weighted by Gasteiger charge is 2.20. The summed E-state index contributed by atoms with van der Waals surface area (Å²) in [7, 11) is 0. The summed E-state index contributed by atoms with van der Waals surface area (Å²) in [6, 6.07) is 16.5. The van der Waals surface area contributed by atoms with Gasteiger partial charge in [-0.3, -0.25) is 14.4 Å². The second-order valence-corrected chi connectivity index (χ2v) is 8.50. The first-order valence-electron chi connectivity index (χ1n) is 10.5. The minimum absolute atomic E-state index is 0.0342. The summed E-state index contributed by atoms with van der Waals surface area (Å²) in [6.45, 7) is 3.76. The third-order valence-electron chi connectivity index (χ3n) is 4.62. The molecule has 0 aliphatic carbocycles. The van der Waals surface area contributed by atoms with Gasteiger partial charge in [-0.1, -0.05) is 41.7 Å². The maximum Gasteiger partial charge on any atom is 0.306 e. The molecule has 0 spiro atoms. The molecule has 172 valence electrons. The van der Waals surface area contributed by atoms with Gasteiger partial charge in [0.05, 0.1) is 0 Å². The van der Waals surface area contributed by atoms with Crippen LogP contribution in [0.5, 0.6) is 5.75 Å². The zero-order valence-electron chi connectivity index (χ0n) is 18.4. The minimum Gasteiger partial charge on any atom is -0.489 e. The first kappa shape index (κ1) is 24.1. The number of ether oxygens (including phenoxy) is 2. The number of benzene rings is 2. The molecule has 0 saturated heterocycles. The first-order valence-corrected chi connectivity index (χ1v) is 11.3. The number of nitrogens with zero attached hydrogens (tertiary/aromatic N) is 2. The van der Waals surface area contributed by atoms with Crippen LogP contribution in [0.4, 0.5) is 5.13 Å². The first-order chi connectivity index (χ1) is 15.9. The second-order valence-electron chi connectivity index (χ2n) is 7.32. The van der Waals surface area contributed by atoms with Crippen LogP contribution < -0.4 is 10.1 Å². The van der Waals surface area contributed by atoms with Crippen molar-refractivity contribution in [3.63, 3.8) is 0 Å². The number of aromatic nitrogens is 2. The van der Waals surface area contributed by atoms with Crippen molar-refractivity contribution in [1.29, 1.82) is 0 Å². The van der Waals surface area contributed by atoms with Gasteiger partial charge in [-0.25, -0.2) is 0 Å². The summed E-state index contributed by atoms with van der Waals surface area (Å²) in [5.41, 5.74) is 1.47. The fourth-order valence-electron chi connectivity index (χ4n) is 2.92. The average Bonchev–Trinajstić information content (AvgIpc) is 3.22. The number of carbonyl (C=O) groups excluding carboxylic acids is 3. The van der Waals surface area contributed by atoms with Gasteiger partial charge in [0.1, 0.15) is 17.4 Å². The highest BCUT2D eigenvalue weighted by Crippen LogP contribution is 2.17. The van der Waals surface area contributed by atoms with E-state index in [1.807, 2.05) is 30.3 Å². The van der Waals surface area contributed by atoms with E-state index in [1.54, 1.807) is 31.2 Å². The average molecular weight is 468 g/mol. The Morgan fingerprint density at radius 3 is 2.39 bits per heavy atom. The number of amides is 1. The molecule has 33 heavy (non-hydrogen) atoms. The molecule has 0 fully saturated rings. The number of nitrogens with one attached hydrogen (secondary N) is 1. The predicted octanol–water partition coefficient (Wildman–Crippen LogP) is 4.35. The Morgan fingerprint density at radius 1 is 1.00 bits per heavy atom. The Morgan fingerprint density at radius 2 is 1.73 bits per heavy atom. The van der Waals surface area contributed by atoms with Crippen molar-refractivity contribution in [3.05, 3.63) is 70.7 Å². The van der Waals surface area contributed by atoms with Gasteiger partial charge in [-0.15, -0.1) is 10.2 Å². The Balaban J connectivity index is 1.38. The lowest BCUT2D eigenvalue weighted by Crippen LogP contribution is -2.24. The molecule has 1 aromatic heterocycles. The predicted molar refractivity (Wildman–Crippen MR) is 124 cm³/mol. The van der Waals surface area contributed by atoms with Gasteiger partial charge in [0.15, 0.2) is 6.10 Å². The smallest absolute Gasteiger partial charge is 0.306 e. The van der Waals surface area contributed by atoms with Gasteiger partial charge in [0.25, 0.3) is 0 Å². The summed E-state index contributed by atoms with van der Waals surface area (Å²) < 4.78 is 11.0. The van der Waals surface area contributed by atoms with Crippen molar-refractivity contribution in [2.24, 2.45) is 0 Å². The SMILES string of the molecule is Cc1nnc(NC(=O)CCCC(=O)O[C@H](C)C(=O)c2ccc(OCc3ccccc3)cc2)s1. The van der Waals surface area contributed by atoms with E-state index in [1.165, 1.54) is 18.3 Å². The lowest BCUT2D eigenvalue weighted by molar-refractivity contribution is -0.146. The molecular formula is C24H25N3O5S. The third-order valence-corrected chi connectivity index (χ3v) is 5.38. The summed E-state index contributed by atoms with van der Waals surface area (Å²) in [4.78, 5) is 36.5. The normalized spacial score (nSPS) is 11.5. The molecule has 8 nitrogen and oxygen atoms in total. The summed E-state index contributed by atoms with van der Waals surface area (Å²) in [5.74, 6) is -0.444. The molecule has 1 amide bonds. The molecule has 9 heteroatoms. The Kier molecular flexibility index (Phi) is 8.65. The number of anilines is 1. The topological polar surface area (TPSA) is 107 Å². The molecule has 0 unspecified atom stereocenters. The number of ketones is 1. The van der Waals surface area contributed by atoms with Crippen LogP contribution in [0.25, 0.3) is 0 Å². The van der Waals surface area contributed by atoms with E-state index in [9.17, 15) is 14.4 Å². The number of Topliss-reactive ketones (excluding diaryl/α,β-unsaturated/α-hetero) is 1. The molecule has 1 heterocycles. The van der Waals surface area contributed by atoms with Crippen molar-refractivity contribution >= 4 is 34.1 Å². The van der Waals surface area contributed by atoms with Crippen LogP contribution in [0.3, 0.4) is 0 Å². The van der Waals surface area contributed by atoms with E-state index < -0.39 is 12.1 Å². The van der Waals surface area contributed by atoms with E-state index in [-0.39, 0.29) is 24.5 Å². The molecule has 0 radical (unpaired) electrons. The van der Waals surface area contributed by atoms with Crippen molar-refractivity contribution < 1.29 is 23.9 Å². The standard InChI is InChI=1S/C24H25N3O5S/c1-16(32-22(29)10-6-9-21(28)25-24-27-26-17(2)33-24)23(30)19-11-13-20(14-12-19)31-15-18-7-4-3-5-8-18/h3-5,7-8,11-14,16H,6,9-10,15H2,1-2H3,(H,25,27,28)/t16-/m1/s1. The van der Waals surface area contributed by atoms with Crippen molar-refractivity contribution in [3.8, 4) is 5.75 Å². The zero-order chi connectivity index (χ0) is 23.6. The van der Waals surface area contributed by atoms with Crippen LogP contribution in [0, 0.1) is 6.92 Å². The summed E-state index contributed by atoms with van der Waals surface area (Å²) >= 11 is 1.28. The maximum atomic E-state index is 12.6. The molecule has 1 atom stereocenters. The van der Waals surface area contributed by atoms with E-state index in [0.717, 1.165) is 10.6 Å². The number of aryl methyl sites for hydroxylation is 1. The molecule has 2 aromatic carbocycles. The quantitative estimate of drug-likeness (QED) is 0.330. The Labute approximate surface area is 196 Å². The van der Waals surface area contributed by atoms with Gasteiger partial charge in [0.2, 0.25) is 16.8 Å². The molecule has 1 N–H and O–H groups in total. The number of esters is 1. The van der Waals surface area contributed by atoms with Crippen LogP contribution in [-0.2, 0) is 20.9 Å². The summed E-state index contributed by atoms with van der Waals surface area (Å²) in [6.07, 6.45) is -0.448. The molecule has 0 aliphatic heterocycles. The molecule has 3 aromatic rings. The Hall–Kier alpha value is -3.59. The van der Waals surface area contributed by atoms with Gasteiger partial charge in [0, 0.05) is 18.4 Å². The van der Waals surface area contributed by atoms with Crippen LogP contribution in [0.1, 0.15) is 47.1 Å². The summed E-state index contributed by atoms with van der Waals surface area (Å²) in [5, 5.41) is 11.4. The van der Waals surface area contributed by atoms with Crippen molar-refractivity contribution in [2.45, 2.75) is 45.8 Å². The molecule has 3 rings (SSSR count). The van der Waals surface area contributed by atoms with E-state index >= 15 is 0 Å². The number of rotatable bonds is 11. The van der Waals surface area contributed by atoms with Crippen LogP contribution >= 0.6 is 11.3 Å². The fraction of sp³-hybridized carbons (Fsp3) is 0.292. The van der Waals surface area contributed by atoms with Crippen LogP contribution in [0.15, 0.2) is 54.6 Å². The highest BCUT2D eigenvalue weighted by atomic mass is 32.1. The molecule has 0 aliphatic rings. The monoisotopic (exact) mass is 467 g/mol. The number of carbonyl (C=O) groups is 3. The van der Waals surface area contributed by atoms with E-state index in [0.29, 0.717) is 29.5 Å². The van der Waals surface area contributed by atoms with Crippen LogP contribution in [0.2, 0.25) is 0 Å². The van der Waals surface area contributed by atoms with Gasteiger partial charge >= 0.3 is 5.97 Å². The third kappa shape index (κ3) is 7.80. The highest BCUT2D eigenvalue weighted by molar-refractivity contribution is 7.15. The van der Waals surface area contributed by atoms with Gasteiger partial charge in [-0.05, 0) is 50.1 Å². The molecule has 0 saturated carbocycles. The fourth-order valence-corrected chi connectivity index (χ4v) is 3.53. The number of hydrogen-bond donors (Lipinski definition) is 1. The maximum absolute atomic E-state index is 12.6. The molecular weight excluding hydrogens is 442 g/mol. The minimum atomic E-state index is -0.924. The number of hydrogen-bond acceptors (Lipinski definition) is 8.